The quantitative estimate of drug-likeness (QED) is 0.914. The minimum absolute atomic E-state index is 0.0205. The van der Waals surface area contributed by atoms with E-state index >= 15 is 0 Å². The molecule has 0 aliphatic heterocycles. The van der Waals surface area contributed by atoms with Crippen LogP contribution >= 0.6 is 0 Å². The Hall–Kier alpha value is -2.94. The van der Waals surface area contributed by atoms with Gasteiger partial charge in [-0.25, -0.2) is 14.2 Å². The first-order valence-electron chi connectivity index (χ1n) is 5.17. The summed E-state index contributed by atoms with van der Waals surface area (Å²) in [5.41, 5.74) is -0.273. The average molecular weight is 258 g/mol. The van der Waals surface area contributed by atoms with Gasteiger partial charge in [-0.1, -0.05) is 6.07 Å². The number of carbonyl (C=O) groups is 1. The molecular weight excluding hydrogens is 251 g/mol. The number of rotatable bonds is 3. The Morgan fingerprint density at radius 1 is 1.42 bits per heavy atom. The highest BCUT2D eigenvalue weighted by atomic mass is 19.1. The molecule has 2 rings (SSSR count). The lowest BCUT2D eigenvalue weighted by molar-refractivity contribution is 0.0689. The molecule has 0 unspecified atom stereocenters. The van der Waals surface area contributed by atoms with Crippen LogP contribution in [0.15, 0.2) is 36.5 Å². The Bertz CT molecular complexity index is 680. The summed E-state index contributed by atoms with van der Waals surface area (Å²) < 4.78 is 18.6. The number of hydrogen-bond donors (Lipinski definition) is 1. The predicted octanol–water partition coefficient (Wildman–Crippen LogP) is 2.58. The van der Waals surface area contributed by atoms with Crippen molar-refractivity contribution in [1.29, 1.82) is 5.26 Å². The minimum atomic E-state index is -1.44. The fourth-order valence-electron chi connectivity index (χ4n) is 1.44. The Labute approximate surface area is 107 Å². The number of pyridine rings is 1. The van der Waals surface area contributed by atoms with Gasteiger partial charge in [0.05, 0.1) is 11.6 Å². The number of hydrogen-bond acceptors (Lipinski definition) is 4. The van der Waals surface area contributed by atoms with E-state index in [1.165, 1.54) is 30.5 Å². The molecule has 6 heteroatoms. The van der Waals surface area contributed by atoms with Gasteiger partial charge in [0.1, 0.15) is 17.1 Å². The number of carboxylic acids is 1. The van der Waals surface area contributed by atoms with Crippen molar-refractivity contribution < 1.29 is 19.0 Å². The van der Waals surface area contributed by atoms with Gasteiger partial charge in [-0.05, 0) is 18.2 Å². The molecule has 0 spiro atoms. The van der Waals surface area contributed by atoms with Gasteiger partial charge in [0, 0.05) is 12.3 Å². The first-order valence-corrected chi connectivity index (χ1v) is 5.17. The van der Waals surface area contributed by atoms with Crippen molar-refractivity contribution in [3.63, 3.8) is 0 Å². The Morgan fingerprint density at radius 2 is 2.21 bits per heavy atom. The highest BCUT2D eigenvalue weighted by molar-refractivity contribution is 5.91. The molecule has 0 aliphatic carbocycles. The summed E-state index contributed by atoms with van der Waals surface area (Å²) in [6.07, 6.45) is 1.34. The van der Waals surface area contributed by atoms with Gasteiger partial charge in [-0.3, -0.25) is 0 Å². The van der Waals surface area contributed by atoms with Gasteiger partial charge < -0.3 is 9.84 Å². The molecule has 0 amide bonds. The summed E-state index contributed by atoms with van der Waals surface area (Å²) >= 11 is 0. The zero-order valence-electron chi connectivity index (χ0n) is 9.50. The first-order chi connectivity index (χ1) is 9.11. The SMILES string of the molecule is N#Cc1ccnc(Oc2cccc(F)c2C(=O)O)c1. The second-order valence-electron chi connectivity index (χ2n) is 3.51. The third-order valence-electron chi connectivity index (χ3n) is 2.27. The smallest absolute Gasteiger partial charge is 0.342 e. The predicted molar refractivity (Wildman–Crippen MR) is 62.4 cm³/mol. The fourth-order valence-corrected chi connectivity index (χ4v) is 1.44. The largest absolute Gasteiger partial charge is 0.477 e. The number of aromatic carboxylic acids is 1. The number of aromatic nitrogens is 1. The molecule has 0 saturated carbocycles. The summed E-state index contributed by atoms with van der Waals surface area (Å²) in [6.45, 7) is 0. The lowest BCUT2D eigenvalue weighted by Crippen LogP contribution is -2.04. The highest BCUT2D eigenvalue weighted by Crippen LogP contribution is 2.26. The molecule has 94 valence electrons. The molecular formula is C13H7FN2O3. The summed E-state index contributed by atoms with van der Waals surface area (Å²) in [5, 5.41) is 17.7. The zero-order valence-corrected chi connectivity index (χ0v) is 9.50. The molecule has 19 heavy (non-hydrogen) atoms. The number of ether oxygens (including phenoxy) is 1. The number of carboxylic acid groups (broad SMARTS) is 1. The van der Waals surface area contributed by atoms with E-state index in [-0.39, 0.29) is 11.6 Å². The van der Waals surface area contributed by atoms with Gasteiger partial charge in [-0.15, -0.1) is 0 Å². The third kappa shape index (κ3) is 2.66. The van der Waals surface area contributed by atoms with Gasteiger partial charge in [0.15, 0.2) is 0 Å². The van der Waals surface area contributed by atoms with E-state index in [0.29, 0.717) is 5.56 Å². The van der Waals surface area contributed by atoms with E-state index < -0.39 is 17.3 Å². The molecule has 1 aromatic heterocycles. The van der Waals surface area contributed by atoms with E-state index in [2.05, 4.69) is 4.98 Å². The number of nitrogens with zero attached hydrogens (tertiary/aromatic N) is 2. The van der Waals surface area contributed by atoms with Gasteiger partial charge >= 0.3 is 5.97 Å². The summed E-state index contributed by atoms with van der Waals surface area (Å²) in [6, 6.07) is 8.35. The molecule has 0 aliphatic rings. The molecule has 5 nitrogen and oxygen atoms in total. The van der Waals surface area contributed by atoms with Crippen LogP contribution in [0.25, 0.3) is 0 Å². The van der Waals surface area contributed by atoms with Crippen molar-refractivity contribution in [2.24, 2.45) is 0 Å². The maximum Gasteiger partial charge on any atom is 0.342 e. The van der Waals surface area contributed by atoms with Gasteiger partial charge in [0.25, 0.3) is 0 Å². The fraction of sp³-hybridized carbons (Fsp3) is 0. The molecule has 1 heterocycles. The molecule has 1 aromatic carbocycles. The van der Waals surface area contributed by atoms with E-state index in [9.17, 15) is 9.18 Å². The number of benzene rings is 1. The van der Waals surface area contributed by atoms with Crippen LogP contribution in [0, 0.1) is 17.1 Å². The molecule has 0 saturated heterocycles. The standard InChI is InChI=1S/C13H7FN2O3/c14-9-2-1-3-10(12(9)13(17)18)19-11-6-8(7-15)4-5-16-11/h1-6H,(H,17,18). The van der Waals surface area contributed by atoms with Crippen LogP contribution in [0.4, 0.5) is 4.39 Å². The summed E-state index contributed by atoms with van der Waals surface area (Å²) in [5.74, 6) is -2.49. The van der Waals surface area contributed by atoms with Crippen LogP contribution in [0.1, 0.15) is 15.9 Å². The van der Waals surface area contributed by atoms with Crippen molar-refractivity contribution in [2.75, 3.05) is 0 Å². The number of halogens is 1. The first kappa shape index (κ1) is 12.5. The summed E-state index contributed by atoms with van der Waals surface area (Å²) in [7, 11) is 0. The normalized spacial score (nSPS) is 9.68. The summed E-state index contributed by atoms with van der Waals surface area (Å²) in [4.78, 5) is 14.8. The van der Waals surface area contributed by atoms with Crippen molar-refractivity contribution in [3.8, 4) is 17.7 Å². The number of nitriles is 1. The molecule has 0 atom stereocenters. The molecule has 2 aromatic rings. The van der Waals surface area contributed by atoms with Crippen LogP contribution in [0.3, 0.4) is 0 Å². The lowest BCUT2D eigenvalue weighted by atomic mass is 10.2. The Morgan fingerprint density at radius 3 is 2.89 bits per heavy atom. The minimum Gasteiger partial charge on any atom is -0.477 e. The van der Waals surface area contributed by atoms with Crippen molar-refractivity contribution in [2.45, 2.75) is 0 Å². The van der Waals surface area contributed by atoms with Crippen LogP contribution in [0.5, 0.6) is 11.6 Å². The van der Waals surface area contributed by atoms with Gasteiger partial charge in [0.2, 0.25) is 5.88 Å². The van der Waals surface area contributed by atoms with E-state index in [0.717, 1.165) is 6.07 Å². The van der Waals surface area contributed by atoms with E-state index in [1.807, 2.05) is 6.07 Å². The van der Waals surface area contributed by atoms with Crippen LogP contribution in [-0.2, 0) is 0 Å². The molecule has 0 radical (unpaired) electrons. The zero-order chi connectivity index (χ0) is 13.8. The Kier molecular flexibility index (Phi) is 3.39. The monoisotopic (exact) mass is 258 g/mol. The van der Waals surface area contributed by atoms with Crippen molar-refractivity contribution in [3.05, 3.63) is 53.5 Å². The second-order valence-corrected chi connectivity index (χ2v) is 3.51. The van der Waals surface area contributed by atoms with E-state index in [1.54, 1.807) is 0 Å². The molecule has 1 N–H and O–H groups in total. The second kappa shape index (κ2) is 5.14. The molecule has 0 fully saturated rings. The van der Waals surface area contributed by atoms with Crippen LogP contribution in [0.2, 0.25) is 0 Å². The lowest BCUT2D eigenvalue weighted by Gasteiger charge is -2.08. The topological polar surface area (TPSA) is 83.2 Å². The maximum absolute atomic E-state index is 13.4. The third-order valence-corrected chi connectivity index (χ3v) is 2.27. The Balaban J connectivity index is 2.41. The van der Waals surface area contributed by atoms with E-state index in [4.69, 9.17) is 15.1 Å². The van der Waals surface area contributed by atoms with Crippen LogP contribution in [-0.4, -0.2) is 16.1 Å². The average Bonchev–Trinajstić information content (AvgIpc) is 2.38. The van der Waals surface area contributed by atoms with Crippen molar-refractivity contribution >= 4 is 5.97 Å². The molecule has 0 bridgehead atoms. The highest BCUT2D eigenvalue weighted by Gasteiger charge is 2.17. The van der Waals surface area contributed by atoms with Gasteiger partial charge in [-0.2, -0.15) is 5.26 Å². The maximum atomic E-state index is 13.4. The van der Waals surface area contributed by atoms with Crippen molar-refractivity contribution in [1.82, 2.24) is 4.98 Å². The van der Waals surface area contributed by atoms with Crippen LogP contribution < -0.4 is 4.74 Å².